The van der Waals surface area contributed by atoms with Crippen LogP contribution in [0.1, 0.15) is 47.2 Å². The zero-order valence-corrected chi connectivity index (χ0v) is 16.6. The Hall–Kier alpha value is -3.33. The van der Waals surface area contributed by atoms with E-state index in [4.69, 9.17) is 4.99 Å². The van der Waals surface area contributed by atoms with Crippen LogP contribution in [0.5, 0.6) is 0 Å². The highest BCUT2D eigenvalue weighted by Gasteiger charge is 2.34. The first-order chi connectivity index (χ1) is 14.0. The van der Waals surface area contributed by atoms with Gasteiger partial charge in [-0.25, -0.2) is 0 Å². The van der Waals surface area contributed by atoms with Crippen LogP contribution in [-0.2, 0) is 23.2 Å². The fraction of sp³-hybridized carbons (Fsp3) is 0.192. The van der Waals surface area contributed by atoms with Gasteiger partial charge in [-0.3, -0.25) is 14.8 Å². The molecular formula is C26H22N2O. The highest BCUT2D eigenvalue weighted by atomic mass is 16.1. The average Bonchev–Trinajstić information content (AvgIpc) is 3.36. The number of carbonyl (C=O) groups is 1. The number of hydrogen-bond acceptors (Lipinski definition) is 3. The summed E-state index contributed by atoms with van der Waals surface area (Å²) in [5.74, 6) is 0.197. The molecule has 5 rings (SSSR count). The van der Waals surface area contributed by atoms with Crippen molar-refractivity contribution in [3.63, 3.8) is 0 Å². The van der Waals surface area contributed by atoms with E-state index in [-0.39, 0.29) is 5.78 Å². The first-order valence-corrected chi connectivity index (χ1v) is 9.96. The van der Waals surface area contributed by atoms with Crippen molar-refractivity contribution in [2.24, 2.45) is 4.99 Å². The van der Waals surface area contributed by atoms with Crippen LogP contribution in [0.3, 0.4) is 0 Å². The van der Waals surface area contributed by atoms with Crippen molar-refractivity contribution in [1.82, 2.24) is 4.98 Å². The second-order valence-corrected chi connectivity index (χ2v) is 8.28. The SMILES string of the molecule is CC(C)(C(=O)C1=Cc2cc3c(cc2C1)CN=C3c1ccncc1)c1ccccc1. The molecule has 3 heteroatoms. The molecule has 29 heavy (non-hydrogen) atoms. The summed E-state index contributed by atoms with van der Waals surface area (Å²) >= 11 is 0. The van der Waals surface area contributed by atoms with Crippen molar-refractivity contribution in [3.8, 4) is 0 Å². The second kappa shape index (κ2) is 6.63. The van der Waals surface area contributed by atoms with Crippen LogP contribution < -0.4 is 0 Å². The zero-order chi connectivity index (χ0) is 20.0. The van der Waals surface area contributed by atoms with Gasteiger partial charge >= 0.3 is 0 Å². The molecule has 2 aliphatic rings. The Morgan fingerprint density at radius 3 is 2.48 bits per heavy atom. The Labute approximate surface area is 170 Å². The molecule has 3 nitrogen and oxygen atoms in total. The summed E-state index contributed by atoms with van der Waals surface area (Å²) in [6.45, 7) is 4.73. The standard InChI is InChI=1S/C26H22N2O/c1-26(2,22-6-4-3-5-7-22)25(29)20-12-18-14-21-16-28-24(17-8-10-27-11-9-17)23(21)15-19(18)13-20/h3-11,13-15H,12,16H2,1-2H3. The van der Waals surface area contributed by atoms with Gasteiger partial charge in [0.2, 0.25) is 0 Å². The maximum absolute atomic E-state index is 13.4. The van der Waals surface area contributed by atoms with Crippen LogP contribution in [0, 0.1) is 0 Å². The van der Waals surface area contributed by atoms with Gasteiger partial charge in [0, 0.05) is 35.5 Å². The van der Waals surface area contributed by atoms with E-state index >= 15 is 0 Å². The number of fused-ring (bicyclic) bond motifs is 2. The Morgan fingerprint density at radius 2 is 1.72 bits per heavy atom. The number of ketones is 1. The molecule has 0 spiro atoms. The van der Waals surface area contributed by atoms with Crippen molar-refractivity contribution < 1.29 is 4.79 Å². The summed E-state index contributed by atoms with van der Waals surface area (Å²) in [5.41, 5.74) is 8.27. The van der Waals surface area contributed by atoms with Crippen LogP contribution in [0.15, 0.2) is 77.6 Å². The van der Waals surface area contributed by atoms with E-state index in [0.29, 0.717) is 13.0 Å². The van der Waals surface area contributed by atoms with Gasteiger partial charge in [-0.1, -0.05) is 36.4 Å². The largest absolute Gasteiger partial charge is 0.294 e. The van der Waals surface area contributed by atoms with Crippen molar-refractivity contribution in [1.29, 1.82) is 0 Å². The Kier molecular flexibility index (Phi) is 4.06. The number of hydrogen-bond donors (Lipinski definition) is 0. The quantitative estimate of drug-likeness (QED) is 0.647. The number of allylic oxidation sites excluding steroid dienone is 1. The fourth-order valence-electron chi connectivity index (χ4n) is 4.33. The lowest BCUT2D eigenvalue weighted by molar-refractivity contribution is -0.119. The number of pyridine rings is 1. The van der Waals surface area contributed by atoms with Crippen LogP contribution in [0.25, 0.3) is 6.08 Å². The molecule has 0 radical (unpaired) electrons. The number of rotatable bonds is 4. The zero-order valence-electron chi connectivity index (χ0n) is 16.6. The van der Waals surface area contributed by atoms with Gasteiger partial charge in [0.15, 0.2) is 5.78 Å². The molecule has 0 amide bonds. The molecule has 0 N–H and O–H groups in total. The number of nitrogens with zero attached hydrogens (tertiary/aromatic N) is 2. The highest BCUT2D eigenvalue weighted by Crippen LogP contribution is 2.36. The smallest absolute Gasteiger partial charge is 0.169 e. The van der Waals surface area contributed by atoms with E-state index in [1.165, 1.54) is 16.7 Å². The lowest BCUT2D eigenvalue weighted by Crippen LogP contribution is -2.30. The lowest BCUT2D eigenvalue weighted by atomic mass is 9.77. The van der Waals surface area contributed by atoms with Crippen LogP contribution in [0.4, 0.5) is 0 Å². The van der Waals surface area contributed by atoms with E-state index in [1.807, 2.05) is 56.3 Å². The van der Waals surface area contributed by atoms with E-state index in [0.717, 1.165) is 28.0 Å². The molecule has 0 atom stereocenters. The fourth-order valence-corrected chi connectivity index (χ4v) is 4.33. The monoisotopic (exact) mass is 378 g/mol. The van der Waals surface area contributed by atoms with Crippen LogP contribution >= 0.6 is 0 Å². The number of Topliss-reactive ketones (excluding diaryl/α,β-unsaturated/α-hetero) is 1. The summed E-state index contributed by atoms with van der Waals surface area (Å²) in [4.78, 5) is 22.2. The van der Waals surface area contributed by atoms with Crippen LogP contribution in [-0.4, -0.2) is 16.5 Å². The summed E-state index contributed by atoms with van der Waals surface area (Å²) < 4.78 is 0. The Balaban J connectivity index is 1.48. The first kappa shape index (κ1) is 17.7. The van der Waals surface area contributed by atoms with E-state index < -0.39 is 5.41 Å². The van der Waals surface area contributed by atoms with Gasteiger partial charge in [-0.05, 0) is 60.4 Å². The van der Waals surface area contributed by atoms with Gasteiger partial charge in [0.1, 0.15) is 0 Å². The Bertz CT molecular complexity index is 1170. The molecule has 0 saturated heterocycles. The third-order valence-corrected chi connectivity index (χ3v) is 6.05. The maximum Gasteiger partial charge on any atom is 0.169 e. The van der Waals surface area contributed by atoms with Gasteiger partial charge in [0.25, 0.3) is 0 Å². The lowest BCUT2D eigenvalue weighted by Gasteiger charge is -2.24. The molecule has 0 fully saturated rings. The van der Waals surface area contributed by atoms with Gasteiger partial charge in [0.05, 0.1) is 17.7 Å². The molecule has 0 unspecified atom stereocenters. The molecule has 0 bridgehead atoms. The molecular weight excluding hydrogens is 356 g/mol. The molecule has 2 aromatic carbocycles. The molecule has 142 valence electrons. The number of aliphatic imine (C=N–C) groups is 1. The first-order valence-electron chi connectivity index (χ1n) is 9.96. The molecule has 3 aromatic rings. The number of aromatic nitrogens is 1. The normalized spacial score (nSPS) is 14.8. The summed E-state index contributed by atoms with van der Waals surface area (Å²) in [7, 11) is 0. The predicted octanol–water partition coefficient (Wildman–Crippen LogP) is 4.92. The maximum atomic E-state index is 13.4. The molecule has 2 heterocycles. The van der Waals surface area contributed by atoms with Crippen molar-refractivity contribution in [2.45, 2.75) is 32.2 Å². The van der Waals surface area contributed by atoms with Crippen LogP contribution in [0.2, 0.25) is 0 Å². The second-order valence-electron chi connectivity index (χ2n) is 8.28. The number of benzene rings is 2. The molecule has 0 saturated carbocycles. The molecule has 1 aliphatic heterocycles. The third-order valence-electron chi connectivity index (χ3n) is 6.05. The van der Waals surface area contributed by atoms with E-state index in [9.17, 15) is 4.79 Å². The van der Waals surface area contributed by atoms with Gasteiger partial charge < -0.3 is 0 Å². The third kappa shape index (κ3) is 2.94. The van der Waals surface area contributed by atoms with Crippen molar-refractivity contribution in [2.75, 3.05) is 0 Å². The summed E-state index contributed by atoms with van der Waals surface area (Å²) in [6.07, 6.45) is 6.37. The van der Waals surface area contributed by atoms with E-state index in [2.05, 4.69) is 23.2 Å². The molecule has 1 aromatic heterocycles. The molecule has 1 aliphatic carbocycles. The number of carbonyl (C=O) groups excluding carboxylic acids is 1. The Morgan fingerprint density at radius 1 is 0.966 bits per heavy atom. The van der Waals surface area contributed by atoms with E-state index in [1.54, 1.807) is 12.4 Å². The summed E-state index contributed by atoms with van der Waals surface area (Å²) in [6, 6.07) is 18.5. The minimum atomic E-state index is -0.540. The highest BCUT2D eigenvalue weighted by molar-refractivity contribution is 6.16. The minimum absolute atomic E-state index is 0.197. The van der Waals surface area contributed by atoms with Crippen molar-refractivity contribution in [3.05, 3.63) is 106 Å². The van der Waals surface area contributed by atoms with Crippen molar-refractivity contribution >= 4 is 17.6 Å². The summed E-state index contributed by atoms with van der Waals surface area (Å²) in [5, 5.41) is 0. The average molecular weight is 378 g/mol. The predicted molar refractivity (Wildman–Crippen MR) is 116 cm³/mol. The van der Waals surface area contributed by atoms with Gasteiger partial charge in [-0.2, -0.15) is 0 Å². The topological polar surface area (TPSA) is 42.3 Å². The van der Waals surface area contributed by atoms with Gasteiger partial charge in [-0.15, -0.1) is 0 Å². The minimum Gasteiger partial charge on any atom is -0.294 e.